The van der Waals surface area contributed by atoms with Gasteiger partial charge in [-0.2, -0.15) is 5.10 Å². The molecule has 4 nitrogen and oxygen atoms in total. The van der Waals surface area contributed by atoms with Crippen molar-refractivity contribution in [2.45, 2.75) is 18.6 Å². The molecule has 0 saturated carbocycles. The molecule has 0 N–H and O–H groups in total. The van der Waals surface area contributed by atoms with Crippen molar-refractivity contribution < 1.29 is 9.18 Å². The summed E-state index contributed by atoms with van der Waals surface area (Å²) in [5.74, 6) is -0.284. The van der Waals surface area contributed by atoms with Gasteiger partial charge in [-0.3, -0.25) is 9.69 Å². The minimum Gasteiger partial charge on any atom is -0.285 e. The molecule has 1 aliphatic rings. The van der Waals surface area contributed by atoms with Crippen LogP contribution in [0.25, 0.3) is 0 Å². The monoisotopic (exact) mass is 381 g/mol. The highest BCUT2D eigenvalue weighted by molar-refractivity contribution is 8.15. The van der Waals surface area contributed by atoms with Crippen molar-refractivity contribution in [3.63, 3.8) is 0 Å². The molecule has 3 rings (SSSR count). The summed E-state index contributed by atoms with van der Waals surface area (Å²) in [6.45, 7) is 5.92. The Morgan fingerprint density at radius 3 is 2.59 bits per heavy atom. The Kier molecular flexibility index (Phi) is 6.19. The normalized spacial score (nSPS) is 19.0. The van der Waals surface area contributed by atoms with Gasteiger partial charge < -0.3 is 0 Å². The summed E-state index contributed by atoms with van der Waals surface area (Å²) in [5.41, 5.74) is 2.54. The van der Waals surface area contributed by atoms with E-state index >= 15 is 0 Å². The number of carbonyl (C=O) groups is 1. The average Bonchev–Trinajstić information content (AvgIpc) is 2.97. The number of amidine groups is 1. The van der Waals surface area contributed by atoms with Gasteiger partial charge in [-0.25, -0.2) is 4.39 Å². The highest BCUT2D eigenvalue weighted by Crippen LogP contribution is 2.30. The number of hydrogen-bond acceptors (Lipinski definition) is 4. The maximum atomic E-state index is 13.1. The van der Waals surface area contributed by atoms with E-state index in [0.29, 0.717) is 23.8 Å². The Balaban J connectivity index is 1.80. The van der Waals surface area contributed by atoms with Gasteiger partial charge in [0.05, 0.1) is 11.0 Å². The van der Waals surface area contributed by atoms with E-state index in [9.17, 15) is 9.18 Å². The maximum Gasteiger partial charge on any atom is 0.242 e. The van der Waals surface area contributed by atoms with Gasteiger partial charge in [0.1, 0.15) is 5.82 Å². The average molecular weight is 381 g/mol. The third kappa shape index (κ3) is 4.71. The van der Waals surface area contributed by atoms with Gasteiger partial charge in [0.25, 0.3) is 0 Å². The zero-order valence-electron chi connectivity index (χ0n) is 15.0. The van der Waals surface area contributed by atoms with E-state index in [1.807, 2.05) is 30.3 Å². The molecule has 0 radical (unpaired) electrons. The van der Waals surface area contributed by atoms with Gasteiger partial charge in [0.15, 0.2) is 5.17 Å². The number of thioether (sulfide) groups is 1. The molecule has 1 aliphatic heterocycles. The van der Waals surface area contributed by atoms with Gasteiger partial charge in [0.2, 0.25) is 5.91 Å². The second-order valence-corrected chi connectivity index (χ2v) is 7.28. The number of benzene rings is 2. The molecule has 0 unspecified atom stereocenters. The summed E-state index contributed by atoms with van der Waals surface area (Å²) in [5, 5.41) is 8.87. The lowest BCUT2D eigenvalue weighted by Gasteiger charge is -2.13. The van der Waals surface area contributed by atoms with Gasteiger partial charge in [-0.05, 0) is 36.6 Å². The molecular formula is C21H20FN3OS. The van der Waals surface area contributed by atoms with Gasteiger partial charge in [0, 0.05) is 6.54 Å². The number of amides is 1. The number of halogens is 1. The van der Waals surface area contributed by atoms with Crippen LogP contribution in [0.15, 0.2) is 77.5 Å². The lowest BCUT2D eigenvalue weighted by molar-refractivity contribution is -0.125. The first-order valence-electron chi connectivity index (χ1n) is 8.59. The van der Waals surface area contributed by atoms with Crippen LogP contribution >= 0.6 is 11.8 Å². The van der Waals surface area contributed by atoms with E-state index in [1.165, 1.54) is 23.9 Å². The highest BCUT2D eigenvalue weighted by atomic mass is 32.2. The van der Waals surface area contributed by atoms with E-state index in [4.69, 9.17) is 0 Å². The van der Waals surface area contributed by atoms with E-state index in [0.717, 1.165) is 11.1 Å². The molecule has 0 aromatic heterocycles. The van der Waals surface area contributed by atoms with Crippen LogP contribution in [0.3, 0.4) is 0 Å². The van der Waals surface area contributed by atoms with Gasteiger partial charge in [-0.1, -0.05) is 60.3 Å². The molecule has 0 aliphatic carbocycles. The third-order valence-corrected chi connectivity index (χ3v) is 5.31. The number of rotatable bonds is 6. The largest absolute Gasteiger partial charge is 0.285 e. The van der Waals surface area contributed by atoms with E-state index in [-0.39, 0.29) is 17.0 Å². The van der Waals surface area contributed by atoms with Crippen LogP contribution in [0.2, 0.25) is 0 Å². The summed E-state index contributed by atoms with van der Waals surface area (Å²) in [7, 11) is 0. The summed E-state index contributed by atoms with van der Waals surface area (Å²) >= 11 is 1.41. The highest BCUT2D eigenvalue weighted by Gasteiger charge is 2.37. The Bertz CT molecular complexity index is 878. The molecule has 1 heterocycles. The number of nitrogens with zero attached hydrogens (tertiary/aromatic N) is 3. The first-order chi connectivity index (χ1) is 13.1. The molecule has 1 fully saturated rings. The van der Waals surface area contributed by atoms with Crippen LogP contribution in [-0.2, 0) is 11.2 Å². The Morgan fingerprint density at radius 2 is 1.93 bits per heavy atom. The molecule has 6 heteroatoms. The van der Waals surface area contributed by atoms with Crippen LogP contribution in [0, 0.1) is 5.82 Å². The third-order valence-electron chi connectivity index (χ3n) is 4.14. The molecule has 1 saturated heterocycles. The van der Waals surface area contributed by atoms with E-state index in [2.05, 4.69) is 16.8 Å². The van der Waals surface area contributed by atoms with Gasteiger partial charge in [-0.15, -0.1) is 11.7 Å². The SMILES string of the molecule is C=CCN1C(=O)[C@H](Cc2ccccc2)S/C1=N\N=C(/C)c1ccc(F)cc1. The fourth-order valence-corrected chi connectivity index (χ4v) is 3.85. The minimum atomic E-state index is -0.296. The van der Waals surface area contributed by atoms with Crippen molar-refractivity contribution >= 4 is 28.5 Å². The minimum absolute atomic E-state index is 0.0112. The molecule has 2 aromatic rings. The smallest absolute Gasteiger partial charge is 0.242 e. The predicted molar refractivity (Wildman–Crippen MR) is 109 cm³/mol. The molecular weight excluding hydrogens is 361 g/mol. The topological polar surface area (TPSA) is 45.0 Å². The van der Waals surface area contributed by atoms with Crippen LogP contribution in [0.5, 0.6) is 0 Å². The van der Waals surface area contributed by atoms with Crippen LogP contribution in [0.1, 0.15) is 18.1 Å². The first kappa shape index (κ1) is 19.0. The fourth-order valence-electron chi connectivity index (χ4n) is 2.71. The molecule has 27 heavy (non-hydrogen) atoms. The van der Waals surface area contributed by atoms with Crippen molar-refractivity contribution in [1.82, 2.24) is 4.90 Å². The lowest BCUT2D eigenvalue weighted by Crippen LogP contribution is -2.32. The van der Waals surface area contributed by atoms with E-state index < -0.39 is 0 Å². The summed E-state index contributed by atoms with van der Waals surface area (Å²) in [6.07, 6.45) is 2.31. The van der Waals surface area contributed by atoms with Crippen molar-refractivity contribution in [3.8, 4) is 0 Å². The number of hydrogen-bond donors (Lipinski definition) is 0. The molecule has 0 spiro atoms. The zero-order chi connectivity index (χ0) is 19.2. The van der Waals surface area contributed by atoms with Crippen molar-refractivity contribution in [1.29, 1.82) is 0 Å². The van der Waals surface area contributed by atoms with Crippen LogP contribution < -0.4 is 0 Å². The molecule has 2 aromatic carbocycles. The standard InChI is InChI=1S/C21H20FN3OS/c1-3-13-25-20(26)19(14-16-7-5-4-6-8-16)27-21(25)24-23-15(2)17-9-11-18(22)12-10-17/h3-12,19H,1,13-14H2,2H3/b23-15+,24-21-/t19-/m0/s1. The van der Waals surface area contributed by atoms with Gasteiger partial charge >= 0.3 is 0 Å². The fraction of sp³-hybridized carbons (Fsp3) is 0.190. The summed E-state index contributed by atoms with van der Waals surface area (Å²) < 4.78 is 13.1. The second-order valence-electron chi connectivity index (χ2n) is 6.11. The molecule has 138 valence electrons. The second kappa shape index (κ2) is 8.77. The predicted octanol–water partition coefficient (Wildman–Crippen LogP) is 4.28. The Morgan fingerprint density at radius 1 is 1.22 bits per heavy atom. The summed E-state index contributed by atoms with van der Waals surface area (Å²) in [6, 6.07) is 16.0. The van der Waals surface area contributed by atoms with E-state index in [1.54, 1.807) is 30.0 Å². The molecule has 1 amide bonds. The summed E-state index contributed by atoms with van der Waals surface area (Å²) in [4.78, 5) is 14.4. The molecule has 0 bridgehead atoms. The lowest BCUT2D eigenvalue weighted by atomic mass is 10.1. The van der Waals surface area contributed by atoms with Crippen molar-refractivity contribution in [2.75, 3.05) is 6.54 Å². The van der Waals surface area contributed by atoms with Crippen molar-refractivity contribution in [3.05, 3.63) is 84.2 Å². The Labute approximate surface area is 162 Å². The molecule has 1 atom stereocenters. The Hall–Kier alpha value is -2.73. The first-order valence-corrected chi connectivity index (χ1v) is 9.47. The van der Waals surface area contributed by atoms with Crippen LogP contribution in [-0.4, -0.2) is 33.5 Å². The van der Waals surface area contributed by atoms with Crippen molar-refractivity contribution in [2.24, 2.45) is 10.2 Å². The number of carbonyl (C=O) groups excluding carboxylic acids is 1. The zero-order valence-corrected chi connectivity index (χ0v) is 15.8. The van der Waals surface area contributed by atoms with Crippen LogP contribution in [0.4, 0.5) is 4.39 Å². The quantitative estimate of drug-likeness (QED) is 0.426. The maximum absolute atomic E-state index is 13.1.